The molecule has 1 aliphatic heterocycles. The molecular weight excluding hydrogens is 275 g/mol. The second-order valence-electron chi connectivity index (χ2n) is 4.61. The number of amides is 1. The average molecular weight is 289 g/mol. The summed E-state index contributed by atoms with van der Waals surface area (Å²) in [5, 5.41) is 3.32. The third-order valence-corrected chi connectivity index (χ3v) is 3.84. The predicted octanol–water partition coefficient (Wildman–Crippen LogP) is 2.69. The van der Waals surface area contributed by atoms with Crippen LogP contribution < -0.4 is 5.32 Å². The molecule has 2 atom stereocenters. The van der Waals surface area contributed by atoms with E-state index in [0.717, 1.165) is 6.42 Å². The van der Waals surface area contributed by atoms with E-state index in [9.17, 15) is 4.79 Å². The second-order valence-corrected chi connectivity index (χ2v) is 5.35. The summed E-state index contributed by atoms with van der Waals surface area (Å²) < 4.78 is 5.47. The monoisotopic (exact) mass is 288 g/mol. The minimum absolute atomic E-state index is 0.0273. The Labute approximate surface area is 116 Å². The molecule has 0 radical (unpaired) electrons. The number of hydrogen-bond acceptors (Lipinski definition) is 3. The van der Waals surface area contributed by atoms with Crippen LogP contribution in [0.2, 0.25) is 10.3 Å². The van der Waals surface area contributed by atoms with Crippen molar-refractivity contribution in [1.82, 2.24) is 10.3 Å². The summed E-state index contributed by atoms with van der Waals surface area (Å²) >= 11 is 11.6. The molecule has 0 saturated carbocycles. The van der Waals surface area contributed by atoms with Crippen LogP contribution in [0.15, 0.2) is 12.1 Å². The van der Waals surface area contributed by atoms with E-state index in [-0.39, 0.29) is 27.9 Å². The smallest absolute Gasteiger partial charge is 0.254 e. The van der Waals surface area contributed by atoms with Gasteiger partial charge in [-0.1, -0.05) is 23.2 Å². The van der Waals surface area contributed by atoms with Gasteiger partial charge in [-0.15, -0.1) is 0 Å². The summed E-state index contributed by atoms with van der Waals surface area (Å²) in [4.78, 5) is 16.0. The molecule has 4 nitrogen and oxygen atoms in total. The fraction of sp³-hybridized carbons (Fsp3) is 0.500. The Morgan fingerprint density at radius 1 is 1.56 bits per heavy atom. The van der Waals surface area contributed by atoms with Crippen molar-refractivity contribution in [2.45, 2.75) is 31.9 Å². The van der Waals surface area contributed by atoms with Gasteiger partial charge in [0.2, 0.25) is 0 Å². The molecule has 1 fully saturated rings. The topological polar surface area (TPSA) is 51.2 Å². The lowest BCUT2D eigenvalue weighted by Gasteiger charge is -2.28. The van der Waals surface area contributed by atoms with Gasteiger partial charge < -0.3 is 10.1 Å². The highest BCUT2D eigenvalue weighted by Crippen LogP contribution is 2.26. The number of aromatic nitrogens is 1. The molecule has 1 aliphatic rings. The van der Waals surface area contributed by atoms with Crippen LogP contribution in [0.25, 0.3) is 0 Å². The third-order valence-electron chi connectivity index (χ3n) is 3.34. The summed E-state index contributed by atoms with van der Waals surface area (Å²) in [6.45, 7) is 4.54. The molecule has 1 amide bonds. The summed E-state index contributed by atoms with van der Waals surface area (Å²) in [6, 6.07) is 3.11. The highest BCUT2D eigenvalue weighted by atomic mass is 35.5. The molecule has 0 spiro atoms. The Hall–Kier alpha value is -0.840. The van der Waals surface area contributed by atoms with Crippen LogP contribution in [0.1, 0.15) is 30.6 Å². The van der Waals surface area contributed by atoms with Gasteiger partial charge in [-0.05, 0) is 32.4 Å². The van der Waals surface area contributed by atoms with Crippen molar-refractivity contribution in [3.8, 4) is 0 Å². The first-order valence-corrected chi connectivity index (χ1v) is 6.44. The number of halogens is 2. The van der Waals surface area contributed by atoms with E-state index in [1.807, 2.05) is 13.8 Å². The van der Waals surface area contributed by atoms with Crippen LogP contribution in [0.4, 0.5) is 0 Å². The first-order chi connectivity index (χ1) is 8.42. The van der Waals surface area contributed by atoms with E-state index in [1.165, 1.54) is 0 Å². The Morgan fingerprint density at radius 2 is 2.28 bits per heavy atom. The fourth-order valence-electron chi connectivity index (χ4n) is 1.91. The van der Waals surface area contributed by atoms with Crippen molar-refractivity contribution in [3.63, 3.8) is 0 Å². The normalized spacial score (nSPS) is 27.2. The molecule has 2 rings (SSSR count). The van der Waals surface area contributed by atoms with Crippen molar-refractivity contribution < 1.29 is 9.53 Å². The molecular formula is C12H14Cl2N2O2. The lowest BCUT2D eigenvalue weighted by atomic mass is 9.94. The van der Waals surface area contributed by atoms with E-state index < -0.39 is 0 Å². The fourth-order valence-corrected chi connectivity index (χ4v) is 2.34. The van der Waals surface area contributed by atoms with Crippen molar-refractivity contribution in [2.75, 3.05) is 6.61 Å². The molecule has 6 heteroatoms. The van der Waals surface area contributed by atoms with Crippen molar-refractivity contribution in [1.29, 1.82) is 0 Å². The van der Waals surface area contributed by atoms with Gasteiger partial charge in [0.25, 0.3) is 5.91 Å². The van der Waals surface area contributed by atoms with E-state index >= 15 is 0 Å². The second kappa shape index (κ2) is 5.03. The van der Waals surface area contributed by atoms with Crippen molar-refractivity contribution >= 4 is 29.1 Å². The Morgan fingerprint density at radius 3 is 2.83 bits per heavy atom. The van der Waals surface area contributed by atoms with Gasteiger partial charge in [0, 0.05) is 6.61 Å². The van der Waals surface area contributed by atoms with Crippen LogP contribution in [0.3, 0.4) is 0 Å². The van der Waals surface area contributed by atoms with E-state index in [2.05, 4.69) is 10.3 Å². The number of ether oxygens (including phenoxy) is 1. The maximum absolute atomic E-state index is 12.1. The van der Waals surface area contributed by atoms with Crippen LogP contribution in [-0.2, 0) is 4.74 Å². The van der Waals surface area contributed by atoms with Gasteiger partial charge in [0.15, 0.2) is 0 Å². The number of nitrogens with zero attached hydrogens (tertiary/aromatic N) is 1. The van der Waals surface area contributed by atoms with E-state index in [1.54, 1.807) is 12.1 Å². The number of nitrogens with one attached hydrogen (secondary N) is 1. The molecule has 98 valence electrons. The minimum Gasteiger partial charge on any atom is -0.376 e. The summed E-state index contributed by atoms with van der Waals surface area (Å²) in [5.41, 5.74) is -0.0542. The zero-order chi connectivity index (χ0) is 13.3. The molecule has 1 aromatic heterocycles. The van der Waals surface area contributed by atoms with Gasteiger partial charge >= 0.3 is 0 Å². The molecule has 18 heavy (non-hydrogen) atoms. The van der Waals surface area contributed by atoms with E-state index in [4.69, 9.17) is 27.9 Å². The molecule has 1 N–H and O–H groups in total. The third kappa shape index (κ3) is 2.60. The zero-order valence-electron chi connectivity index (χ0n) is 10.2. The van der Waals surface area contributed by atoms with Gasteiger partial charge in [0.1, 0.15) is 10.3 Å². The molecule has 0 aromatic carbocycles. The first-order valence-electron chi connectivity index (χ1n) is 5.68. The van der Waals surface area contributed by atoms with Crippen molar-refractivity contribution in [2.24, 2.45) is 0 Å². The molecule has 1 saturated heterocycles. The number of pyridine rings is 1. The average Bonchev–Trinajstić information content (AvgIpc) is 2.58. The van der Waals surface area contributed by atoms with Gasteiger partial charge in [-0.25, -0.2) is 4.98 Å². The Kier molecular flexibility index (Phi) is 3.80. The molecule has 0 aliphatic carbocycles. The molecule has 0 bridgehead atoms. The summed E-state index contributed by atoms with van der Waals surface area (Å²) in [5.74, 6) is -0.260. The number of carbonyl (C=O) groups is 1. The lowest BCUT2D eigenvalue weighted by Crippen LogP contribution is -2.50. The SMILES string of the molecule is CC1OCCC1(C)NC(=O)c1ccc(Cl)nc1Cl. The standard InChI is InChI=1S/C12H14Cl2N2O2/c1-7-12(2,5-6-18-7)16-11(17)8-3-4-9(13)15-10(8)14/h3-4,7H,5-6H2,1-2H3,(H,16,17). The molecule has 2 unspecified atom stereocenters. The lowest BCUT2D eigenvalue weighted by molar-refractivity contribution is 0.0727. The maximum Gasteiger partial charge on any atom is 0.254 e. The highest BCUT2D eigenvalue weighted by Gasteiger charge is 2.38. The molecule has 1 aromatic rings. The van der Waals surface area contributed by atoms with Crippen LogP contribution >= 0.6 is 23.2 Å². The molecule has 2 heterocycles. The van der Waals surface area contributed by atoms with Crippen LogP contribution in [0, 0.1) is 0 Å². The van der Waals surface area contributed by atoms with E-state index in [0.29, 0.717) is 12.2 Å². The van der Waals surface area contributed by atoms with Crippen molar-refractivity contribution in [3.05, 3.63) is 28.0 Å². The van der Waals surface area contributed by atoms with Gasteiger partial charge in [-0.3, -0.25) is 4.79 Å². The minimum atomic E-state index is -0.375. The van der Waals surface area contributed by atoms with Crippen LogP contribution in [0.5, 0.6) is 0 Å². The largest absolute Gasteiger partial charge is 0.376 e. The Balaban J connectivity index is 2.17. The van der Waals surface area contributed by atoms with Gasteiger partial charge in [0.05, 0.1) is 17.2 Å². The quantitative estimate of drug-likeness (QED) is 0.852. The Bertz CT molecular complexity index is 481. The van der Waals surface area contributed by atoms with Gasteiger partial charge in [-0.2, -0.15) is 0 Å². The summed E-state index contributed by atoms with van der Waals surface area (Å²) in [6.07, 6.45) is 0.749. The highest BCUT2D eigenvalue weighted by molar-refractivity contribution is 6.34. The number of rotatable bonds is 2. The van der Waals surface area contributed by atoms with Crippen LogP contribution in [-0.4, -0.2) is 29.1 Å². The zero-order valence-corrected chi connectivity index (χ0v) is 11.7. The first kappa shape index (κ1) is 13.6. The number of carbonyl (C=O) groups excluding carboxylic acids is 1. The maximum atomic E-state index is 12.1. The number of hydrogen-bond donors (Lipinski definition) is 1. The summed E-state index contributed by atoms with van der Waals surface area (Å²) in [7, 11) is 0. The predicted molar refractivity (Wildman–Crippen MR) is 70.2 cm³/mol.